The second kappa shape index (κ2) is 9.43. The smallest absolute Gasteiger partial charge is 0.0951 e. The van der Waals surface area contributed by atoms with E-state index in [9.17, 15) is 0 Å². The van der Waals surface area contributed by atoms with E-state index in [1.54, 1.807) is 0 Å². The standard InChI is InChI=1S/C25H44N2O/c1-5-17(3)13-19-7-9-20(10-8-19)22(26)15-23(27)21-11-12-25(16-18(4)6-2)24(14-21)28-25/h9,17-19,21,23-24,26H,5-8,10-16,27H2,1-4H3/t17?,18?,19?,21-,23?,24?,25?/m0/s1. The van der Waals surface area contributed by atoms with Crippen LogP contribution in [0.5, 0.6) is 0 Å². The Hall–Kier alpha value is -0.670. The number of hydrogen-bond acceptors (Lipinski definition) is 3. The third-order valence-electron chi connectivity index (χ3n) is 8.14. The molecule has 6 unspecified atom stereocenters. The highest BCUT2D eigenvalue weighted by Crippen LogP contribution is 2.54. The van der Waals surface area contributed by atoms with Crippen LogP contribution in [0.1, 0.15) is 98.3 Å². The van der Waals surface area contributed by atoms with Gasteiger partial charge in [0, 0.05) is 18.2 Å². The first kappa shape index (κ1) is 22.0. The summed E-state index contributed by atoms with van der Waals surface area (Å²) in [6, 6.07) is 0.122. The molecule has 0 aromatic carbocycles. The fraction of sp³-hybridized carbons (Fsp3) is 0.880. The average Bonchev–Trinajstić information content (AvgIpc) is 3.40. The summed E-state index contributed by atoms with van der Waals surface area (Å²) < 4.78 is 6.17. The van der Waals surface area contributed by atoms with Gasteiger partial charge in [-0.05, 0) is 80.6 Å². The third kappa shape index (κ3) is 5.27. The van der Waals surface area contributed by atoms with Crippen molar-refractivity contribution in [1.29, 1.82) is 5.41 Å². The van der Waals surface area contributed by atoms with Crippen LogP contribution in [-0.2, 0) is 4.74 Å². The molecule has 3 aliphatic rings. The molecule has 160 valence electrons. The molecule has 2 aliphatic carbocycles. The summed E-state index contributed by atoms with van der Waals surface area (Å²) in [5, 5.41) is 8.61. The van der Waals surface area contributed by atoms with Crippen LogP contribution in [0.2, 0.25) is 0 Å². The van der Waals surface area contributed by atoms with Crippen molar-refractivity contribution in [2.24, 2.45) is 29.4 Å². The molecule has 1 saturated carbocycles. The summed E-state index contributed by atoms with van der Waals surface area (Å²) in [6.07, 6.45) is 15.6. The molecule has 3 N–H and O–H groups in total. The minimum absolute atomic E-state index is 0.122. The summed E-state index contributed by atoms with van der Waals surface area (Å²) in [5.41, 5.74) is 8.87. The quantitative estimate of drug-likeness (QED) is 0.343. The van der Waals surface area contributed by atoms with Crippen LogP contribution in [0.15, 0.2) is 11.6 Å². The number of ether oxygens (including phenoxy) is 1. The van der Waals surface area contributed by atoms with E-state index >= 15 is 0 Å². The second-order valence-electron chi connectivity index (χ2n) is 10.4. The molecule has 0 spiro atoms. The number of rotatable bonds is 10. The SMILES string of the molecule is CCC(C)CC1CC=C(C(=N)CC(N)[C@H]2CCC3(CC(C)CC)OC3C2)CC1. The Balaban J connectivity index is 1.43. The minimum atomic E-state index is 0.122. The van der Waals surface area contributed by atoms with Crippen molar-refractivity contribution in [2.45, 2.75) is 116 Å². The minimum Gasteiger partial charge on any atom is -0.366 e. The summed E-state index contributed by atoms with van der Waals surface area (Å²) in [4.78, 5) is 0. The van der Waals surface area contributed by atoms with E-state index in [2.05, 4.69) is 33.8 Å². The molecule has 0 aromatic rings. The highest BCUT2D eigenvalue weighted by atomic mass is 16.6. The zero-order chi connectivity index (χ0) is 20.3. The van der Waals surface area contributed by atoms with Gasteiger partial charge in [0.2, 0.25) is 0 Å². The first-order valence-corrected chi connectivity index (χ1v) is 12.1. The molecule has 3 nitrogen and oxygen atoms in total. The molecule has 0 radical (unpaired) electrons. The van der Waals surface area contributed by atoms with Crippen molar-refractivity contribution in [1.82, 2.24) is 0 Å². The maximum absolute atomic E-state index is 8.61. The van der Waals surface area contributed by atoms with Crippen LogP contribution in [0.4, 0.5) is 0 Å². The fourth-order valence-electron chi connectivity index (χ4n) is 5.61. The molecule has 7 atom stereocenters. The van der Waals surface area contributed by atoms with Gasteiger partial charge in [0.25, 0.3) is 0 Å². The molecule has 1 saturated heterocycles. The van der Waals surface area contributed by atoms with E-state index in [0.717, 1.165) is 49.1 Å². The number of hydrogen-bond donors (Lipinski definition) is 2. The van der Waals surface area contributed by atoms with Crippen LogP contribution in [0, 0.1) is 29.1 Å². The van der Waals surface area contributed by atoms with Gasteiger partial charge >= 0.3 is 0 Å². The lowest BCUT2D eigenvalue weighted by molar-refractivity contribution is 0.230. The van der Waals surface area contributed by atoms with Gasteiger partial charge in [-0.15, -0.1) is 0 Å². The Morgan fingerprint density at radius 2 is 2.00 bits per heavy atom. The Morgan fingerprint density at radius 1 is 1.25 bits per heavy atom. The van der Waals surface area contributed by atoms with Gasteiger partial charge < -0.3 is 15.9 Å². The van der Waals surface area contributed by atoms with Crippen molar-refractivity contribution in [3.05, 3.63) is 11.6 Å². The number of nitrogens with one attached hydrogen (secondary N) is 1. The molecule has 1 heterocycles. The molecular weight excluding hydrogens is 344 g/mol. The lowest BCUT2D eigenvalue weighted by Gasteiger charge is -2.31. The molecule has 0 amide bonds. The van der Waals surface area contributed by atoms with E-state index in [4.69, 9.17) is 15.9 Å². The number of nitrogens with two attached hydrogens (primary N) is 1. The van der Waals surface area contributed by atoms with Crippen LogP contribution in [-0.4, -0.2) is 23.5 Å². The number of allylic oxidation sites excluding steroid dienone is 2. The molecule has 0 bridgehead atoms. The first-order chi connectivity index (χ1) is 13.4. The Morgan fingerprint density at radius 3 is 2.61 bits per heavy atom. The van der Waals surface area contributed by atoms with Gasteiger partial charge in [-0.3, -0.25) is 0 Å². The Bertz CT molecular complexity index is 571. The van der Waals surface area contributed by atoms with Gasteiger partial charge in [-0.25, -0.2) is 0 Å². The predicted molar refractivity (Wildman–Crippen MR) is 119 cm³/mol. The van der Waals surface area contributed by atoms with Crippen LogP contribution in [0.3, 0.4) is 0 Å². The third-order valence-corrected chi connectivity index (χ3v) is 8.14. The van der Waals surface area contributed by atoms with Gasteiger partial charge in [-0.1, -0.05) is 46.6 Å². The normalized spacial score (nSPS) is 35.5. The van der Waals surface area contributed by atoms with E-state index in [0.29, 0.717) is 12.0 Å². The molecule has 2 fully saturated rings. The van der Waals surface area contributed by atoms with E-state index in [1.807, 2.05) is 0 Å². The molecule has 28 heavy (non-hydrogen) atoms. The van der Waals surface area contributed by atoms with Crippen LogP contribution in [0.25, 0.3) is 0 Å². The van der Waals surface area contributed by atoms with Crippen LogP contribution < -0.4 is 5.73 Å². The largest absolute Gasteiger partial charge is 0.366 e. The number of epoxide rings is 1. The lowest BCUT2D eigenvalue weighted by atomic mass is 9.74. The van der Waals surface area contributed by atoms with Gasteiger partial charge in [0.15, 0.2) is 0 Å². The van der Waals surface area contributed by atoms with E-state index in [1.165, 1.54) is 50.5 Å². The topological polar surface area (TPSA) is 62.4 Å². The number of fused-ring (bicyclic) bond motifs is 1. The average molecular weight is 389 g/mol. The summed E-state index contributed by atoms with van der Waals surface area (Å²) in [5.74, 6) is 2.94. The van der Waals surface area contributed by atoms with Crippen molar-refractivity contribution < 1.29 is 4.74 Å². The van der Waals surface area contributed by atoms with E-state index in [-0.39, 0.29) is 11.6 Å². The lowest BCUT2D eigenvalue weighted by Crippen LogP contribution is -2.38. The Kier molecular flexibility index (Phi) is 7.42. The van der Waals surface area contributed by atoms with E-state index < -0.39 is 0 Å². The highest BCUT2D eigenvalue weighted by Gasteiger charge is 2.59. The van der Waals surface area contributed by atoms with Gasteiger partial charge in [-0.2, -0.15) is 0 Å². The summed E-state index contributed by atoms with van der Waals surface area (Å²) in [7, 11) is 0. The monoisotopic (exact) mass is 388 g/mol. The van der Waals surface area contributed by atoms with Crippen molar-refractivity contribution in [3.63, 3.8) is 0 Å². The fourth-order valence-corrected chi connectivity index (χ4v) is 5.61. The maximum Gasteiger partial charge on any atom is 0.0951 e. The van der Waals surface area contributed by atoms with Crippen molar-refractivity contribution in [2.75, 3.05) is 0 Å². The maximum atomic E-state index is 8.61. The summed E-state index contributed by atoms with van der Waals surface area (Å²) in [6.45, 7) is 9.28. The zero-order valence-corrected chi connectivity index (χ0v) is 18.8. The molecule has 3 heteroatoms. The molecule has 3 rings (SSSR count). The predicted octanol–water partition coefficient (Wildman–Crippen LogP) is 6.26. The zero-order valence-electron chi connectivity index (χ0n) is 18.8. The van der Waals surface area contributed by atoms with Gasteiger partial charge in [0.1, 0.15) is 0 Å². The van der Waals surface area contributed by atoms with Gasteiger partial charge in [0.05, 0.1) is 11.7 Å². The van der Waals surface area contributed by atoms with Crippen molar-refractivity contribution in [3.8, 4) is 0 Å². The highest BCUT2D eigenvalue weighted by molar-refractivity contribution is 5.98. The summed E-state index contributed by atoms with van der Waals surface area (Å²) >= 11 is 0. The van der Waals surface area contributed by atoms with Crippen molar-refractivity contribution >= 4 is 5.71 Å². The molecule has 1 aliphatic heterocycles. The second-order valence-corrected chi connectivity index (χ2v) is 10.4. The Labute approximate surface area is 173 Å². The first-order valence-electron chi connectivity index (χ1n) is 12.1. The molecular formula is C25H44N2O. The molecule has 0 aromatic heterocycles. The van der Waals surface area contributed by atoms with Crippen LogP contribution >= 0.6 is 0 Å².